The maximum absolute atomic E-state index is 12.8. The number of amides is 1. The number of carbonyl (C=O) groups is 1. The first-order valence-corrected chi connectivity index (χ1v) is 9.37. The maximum Gasteiger partial charge on any atom is 0.228 e. The maximum atomic E-state index is 12.8. The second kappa shape index (κ2) is 6.64. The van der Waals surface area contributed by atoms with E-state index in [2.05, 4.69) is 15.0 Å². The summed E-state index contributed by atoms with van der Waals surface area (Å²) < 4.78 is 7.44. The van der Waals surface area contributed by atoms with E-state index < -0.39 is 0 Å². The van der Waals surface area contributed by atoms with Crippen molar-refractivity contribution in [2.75, 3.05) is 20.3 Å². The van der Waals surface area contributed by atoms with Gasteiger partial charge in [-0.2, -0.15) is 0 Å². The molecule has 4 rings (SSSR count). The summed E-state index contributed by atoms with van der Waals surface area (Å²) in [4.78, 5) is 15.8. The van der Waals surface area contributed by atoms with Crippen molar-refractivity contribution in [3.63, 3.8) is 0 Å². The summed E-state index contributed by atoms with van der Waals surface area (Å²) in [5, 5.41) is 10.8. The number of nitrogens with zero attached hydrogens (tertiary/aromatic N) is 4. The van der Waals surface area contributed by atoms with Crippen LogP contribution in [-0.2, 0) is 28.9 Å². The number of methoxy groups -OCH3 is 1. The van der Waals surface area contributed by atoms with E-state index >= 15 is 0 Å². The van der Waals surface area contributed by atoms with E-state index in [0.717, 1.165) is 29.5 Å². The number of ether oxygens (including phenoxy) is 1. The summed E-state index contributed by atoms with van der Waals surface area (Å²) in [6, 6.07) is 3.87. The summed E-state index contributed by atoms with van der Waals surface area (Å²) in [6.45, 7) is 2.14. The zero-order chi connectivity index (χ0) is 16.5. The van der Waals surface area contributed by atoms with Crippen molar-refractivity contribution in [2.24, 2.45) is 5.92 Å². The van der Waals surface area contributed by atoms with E-state index in [1.165, 1.54) is 18.5 Å². The molecule has 0 bridgehead atoms. The summed E-state index contributed by atoms with van der Waals surface area (Å²) in [6.07, 6.45) is 3.86. The lowest BCUT2D eigenvalue weighted by atomic mass is 10.0. The first-order chi connectivity index (χ1) is 11.8. The molecule has 1 aliphatic heterocycles. The molecule has 7 heteroatoms. The molecule has 6 nitrogen and oxygen atoms in total. The second-order valence-corrected chi connectivity index (χ2v) is 7.64. The number of rotatable bonds is 6. The summed E-state index contributed by atoms with van der Waals surface area (Å²) >= 11 is 1.62. The molecule has 3 heterocycles. The third-order valence-corrected chi connectivity index (χ3v) is 5.70. The number of carbonyl (C=O) groups excluding carboxylic acids is 1. The Hall–Kier alpha value is -1.73. The minimum absolute atomic E-state index is 0.126. The van der Waals surface area contributed by atoms with Crippen LogP contribution in [0.2, 0.25) is 0 Å². The lowest BCUT2D eigenvalue weighted by molar-refractivity contribution is -0.134. The normalized spacial score (nSPS) is 20.2. The largest absolute Gasteiger partial charge is 0.382 e. The van der Waals surface area contributed by atoms with Gasteiger partial charge in [0.1, 0.15) is 11.7 Å². The molecule has 0 radical (unpaired) electrons. The molecule has 0 spiro atoms. The average Bonchev–Trinajstić information content (AvgIpc) is 3.06. The van der Waals surface area contributed by atoms with Crippen LogP contribution in [0.5, 0.6) is 0 Å². The van der Waals surface area contributed by atoms with Gasteiger partial charge in [-0.05, 0) is 30.2 Å². The Labute approximate surface area is 145 Å². The van der Waals surface area contributed by atoms with E-state index in [0.29, 0.717) is 19.6 Å². The van der Waals surface area contributed by atoms with Crippen molar-refractivity contribution >= 4 is 17.2 Å². The molecule has 128 valence electrons. The first kappa shape index (κ1) is 15.8. The minimum atomic E-state index is -0.126. The lowest BCUT2D eigenvalue weighted by Gasteiger charge is -2.34. The molecular weight excluding hydrogens is 324 g/mol. The average molecular weight is 346 g/mol. The van der Waals surface area contributed by atoms with Gasteiger partial charge in [-0.1, -0.05) is 11.3 Å². The quantitative estimate of drug-likeness (QED) is 0.803. The predicted octanol–water partition coefficient (Wildman–Crippen LogP) is 2.06. The Balaban J connectivity index is 1.55. The first-order valence-electron chi connectivity index (χ1n) is 8.49. The van der Waals surface area contributed by atoms with Crippen molar-refractivity contribution in [1.29, 1.82) is 0 Å². The van der Waals surface area contributed by atoms with Crippen LogP contribution in [0, 0.1) is 5.92 Å². The Morgan fingerprint density at radius 3 is 3.04 bits per heavy atom. The lowest BCUT2D eigenvalue weighted by Crippen LogP contribution is -2.43. The number of thiophene rings is 1. The monoisotopic (exact) mass is 346 g/mol. The van der Waals surface area contributed by atoms with Crippen LogP contribution in [0.3, 0.4) is 0 Å². The van der Waals surface area contributed by atoms with Crippen molar-refractivity contribution in [3.8, 4) is 0 Å². The summed E-state index contributed by atoms with van der Waals surface area (Å²) in [7, 11) is 1.67. The minimum Gasteiger partial charge on any atom is -0.382 e. The predicted molar refractivity (Wildman–Crippen MR) is 90.8 cm³/mol. The zero-order valence-corrected chi connectivity index (χ0v) is 14.7. The van der Waals surface area contributed by atoms with E-state index in [1.807, 2.05) is 22.4 Å². The topological polar surface area (TPSA) is 60.3 Å². The molecule has 24 heavy (non-hydrogen) atoms. The Morgan fingerprint density at radius 2 is 2.33 bits per heavy atom. The molecule has 1 unspecified atom stereocenters. The SMILES string of the molecule is COCC1c2nnn(CC3CC3)c2CCN1C(=O)Cc1cccs1. The number of aromatic nitrogens is 3. The van der Waals surface area contributed by atoms with Gasteiger partial charge in [-0.25, -0.2) is 4.68 Å². The van der Waals surface area contributed by atoms with Gasteiger partial charge in [0.15, 0.2) is 0 Å². The third-order valence-electron chi connectivity index (χ3n) is 4.83. The fourth-order valence-electron chi connectivity index (χ4n) is 3.37. The van der Waals surface area contributed by atoms with Crippen LogP contribution in [0.1, 0.15) is 35.1 Å². The van der Waals surface area contributed by atoms with Gasteiger partial charge in [0.2, 0.25) is 5.91 Å². The molecule has 1 aliphatic carbocycles. The van der Waals surface area contributed by atoms with Crippen LogP contribution in [-0.4, -0.2) is 46.1 Å². The van der Waals surface area contributed by atoms with Crippen molar-refractivity contribution in [2.45, 2.75) is 38.3 Å². The molecule has 1 atom stereocenters. The van der Waals surface area contributed by atoms with Crippen molar-refractivity contribution in [1.82, 2.24) is 19.9 Å². The van der Waals surface area contributed by atoms with E-state index in [4.69, 9.17) is 4.74 Å². The van der Waals surface area contributed by atoms with Crippen LogP contribution in [0.25, 0.3) is 0 Å². The molecule has 1 amide bonds. The van der Waals surface area contributed by atoms with Crippen molar-refractivity contribution in [3.05, 3.63) is 33.8 Å². The van der Waals surface area contributed by atoms with Gasteiger partial charge in [-0.15, -0.1) is 16.4 Å². The molecule has 1 fully saturated rings. The molecule has 0 N–H and O–H groups in total. The smallest absolute Gasteiger partial charge is 0.228 e. The fourth-order valence-corrected chi connectivity index (χ4v) is 4.07. The molecule has 2 aromatic heterocycles. The van der Waals surface area contributed by atoms with Crippen LogP contribution < -0.4 is 0 Å². The van der Waals surface area contributed by atoms with Crippen LogP contribution in [0.4, 0.5) is 0 Å². The van der Waals surface area contributed by atoms with Gasteiger partial charge in [0.05, 0.1) is 18.7 Å². The standard InChI is InChI=1S/C17H22N4O2S/c1-23-11-15-17-14(21(19-18-17)10-12-4-5-12)6-7-20(15)16(22)9-13-3-2-8-24-13/h2-3,8,12,15H,4-7,9-11H2,1H3. The van der Waals surface area contributed by atoms with Gasteiger partial charge in [0.25, 0.3) is 0 Å². The molecular formula is C17H22N4O2S. The molecule has 0 saturated heterocycles. The Morgan fingerprint density at radius 1 is 1.46 bits per heavy atom. The van der Waals surface area contributed by atoms with Gasteiger partial charge < -0.3 is 9.64 Å². The van der Waals surface area contributed by atoms with Crippen LogP contribution in [0.15, 0.2) is 17.5 Å². The van der Waals surface area contributed by atoms with Crippen molar-refractivity contribution < 1.29 is 9.53 Å². The number of hydrogen-bond acceptors (Lipinski definition) is 5. The Kier molecular flexibility index (Phi) is 4.37. The van der Waals surface area contributed by atoms with Crippen LogP contribution >= 0.6 is 11.3 Å². The molecule has 1 saturated carbocycles. The van der Waals surface area contributed by atoms with Gasteiger partial charge >= 0.3 is 0 Å². The van der Waals surface area contributed by atoms with E-state index in [9.17, 15) is 4.79 Å². The highest BCUT2D eigenvalue weighted by atomic mass is 32.1. The summed E-state index contributed by atoms with van der Waals surface area (Å²) in [5.74, 6) is 0.900. The Bertz CT molecular complexity index is 708. The van der Waals surface area contributed by atoms with E-state index in [1.54, 1.807) is 18.4 Å². The highest BCUT2D eigenvalue weighted by Gasteiger charge is 2.35. The summed E-state index contributed by atoms with van der Waals surface area (Å²) in [5.41, 5.74) is 2.10. The molecule has 2 aromatic rings. The number of hydrogen-bond donors (Lipinski definition) is 0. The molecule has 0 aromatic carbocycles. The number of fused-ring (bicyclic) bond motifs is 1. The van der Waals surface area contributed by atoms with Gasteiger partial charge in [-0.3, -0.25) is 4.79 Å². The second-order valence-electron chi connectivity index (χ2n) is 6.61. The highest BCUT2D eigenvalue weighted by molar-refractivity contribution is 7.10. The highest BCUT2D eigenvalue weighted by Crippen LogP contribution is 2.33. The zero-order valence-electron chi connectivity index (χ0n) is 13.9. The molecule has 2 aliphatic rings. The third kappa shape index (κ3) is 3.10. The van der Waals surface area contributed by atoms with Gasteiger partial charge in [0, 0.05) is 31.5 Å². The fraction of sp³-hybridized carbons (Fsp3) is 0.588. The van der Waals surface area contributed by atoms with E-state index in [-0.39, 0.29) is 11.9 Å².